The van der Waals surface area contributed by atoms with Gasteiger partial charge in [-0.05, 0) is 24.6 Å². The third-order valence-electron chi connectivity index (χ3n) is 2.02. The van der Waals surface area contributed by atoms with Crippen LogP contribution in [-0.4, -0.2) is 23.4 Å². The maximum atomic E-state index is 12.1. The number of rotatable bonds is 3. The second-order valence-corrected chi connectivity index (χ2v) is 3.34. The molecule has 1 aromatic rings. The monoisotopic (exact) mass is 246 g/mol. The van der Waals surface area contributed by atoms with Crippen LogP contribution in [0.2, 0.25) is 0 Å². The maximum Gasteiger partial charge on any atom is 0.410 e. The van der Waals surface area contributed by atoms with Crippen LogP contribution in [0.1, 0.15) is 12.5 Å². The minimum Gasteiger partial charge on any atom is -0.280 e. The average molecular weight is 246 g/mol. The first-order valence-corrected chi connectivity index (χ1v) is 4.65. The van der Waals surface area contributed by atoms with Gasteiger partial charge in [-0.15, -0.1) is 0 Å². The average Bonchev–Trinajstić information content (AvgIpc) is 2.25. The SMILES string of the molecule is CC(N=Cc1ccc([N+](=O)[O-])cc1)C(F)(F)F. The van der Waals surface area contributed by atoms with E-state index in [0.717, 1.165) is 13.1 Å². The fourth-order valence-corrected chi connectivity index (χ4v) is 0.964. The highest BCUT2D eigenvalue weighted by Crippen LogP contribution is 2.22. The van der Waals surface area contributed by atoms with Crippen LogP contribution < -0.4 is 0 Å². The van der Waals surface area contributed by atoms with Crippen molar-refractivity contribution in [3.05, 3.63) is 39.9 Å². The van der Waals surface area contributed by atoms with Crippen LogP contribution in [0.5, 0.6) is 0 Å². The number of nitrogens with zero attached hydrogens (tertiary/aromatic N) is 2. The molecule has 0 aliphatic rings. The van der Waals surface area contributed by atoms with Crippen molar-refractivity contribution in [2.75, 3.05) is 0 Å². The highest BCUT2D eigenvalue weighted by atomic mass is 19.4. The summed E-state index contributed by atoms with van der Waals surface area (Å²) < 4.78 is 36.4. The summed E-state index contributed by atoms with van der Waals surface area (Å²) in [5.74, 6) is 0. The molecule has 0 amide bonds. The molecular weight excluding hydrogens is 237 g/mol. The summed E-state index contributed by atoms with van der Waals surface area (Å²) >= 11 is 0. The molecule has 0 fully saturated rings. The zero-order chi connectivity index (χ0) is 13.1. The summed E-state index contributed by atoms with van der Waals surface area (Å²) in [6.07, 6.45) is -3.33. The Morgan fingerprint density at radius 3 is 2.29 bits per heavy atom. The van der Waals surface area contributed by atoms with E-state index in [2.05, 4.69) is 4.99 Å². The Morgan fingerprint density at radius 2 is 1.88 bits per heavy atom. The number of non-ortho nitro benzene ring substituents is 1. The molecule has 0 spiro atoms. The Labute approximate surface area is 94.9 Å². The van der Waals surface area contributed by atoms with Gasteiger partial charge in [0.15, 0.2) is 0 Å². The van der Waals surface area contributed by atoms with Gasteiger partial charge in [-0.3, -0.25) is 15.1 Å². The molecule has 7 heteroatoms. The molecule has 1 unspecified atom stereocenters. The predicted molar refractivity (Wildman–Crippen MR) is 56.2 cm³/mol. The Hall–Kier alpha value is -1.92. The third-order valence-corrected chi connectivity index (χ3v) is 2.02. The topological polar surface area (TPSA) is 55.5 Å². The number of nitro benzene ring substituents is 1. The lowest BCUT2D eigenvalue weighted by Gasteiger charge is -2.09. The number of aliphatic imine (C=N–C) groups is 1. The molecule has 0 heterocycles. The van der Waals surface area contributed by atoms with Crippen molar-refractivity contribution >= 4 is 11.9 Å². The van der Waals surface area contributed by atoms with Gasteiger partial charge in [0, 0.05) is 18.3 Å². The number of hydrogen-bond donors (Lipinski definition) is 0. The number of benzene rings is 1. The van der Waals surface area contributed by atoms with Crippen LogP contribution >= 0.6 is 0 Å². The molecule has 4 nitrogen and oxygen atoms in total. The van der Waals surface area contributed by atoms with Gasteiger partial charge < -0.3 is 0 Å². The first-order chi connectivity index (χ1) is 7.80. The van der Waals surface area contributed by atoms with E-state index in [-0.39, 0.29) is 5.69 Å². The summed E-state index contributed by atoms with van der Waals surface area (Å²) in [5.41, 5.74) is 0.262. The molecule has 0 aliphatic carbocycles. The normalized spacial score (nSPS) is 13.9. The van der Waals surface area contributed by atoms with E-state index in [1.165, 1.54) is 24.3 Å². The van der Waals surface area contributed by atoms with Crippen LogP contribution in [0.25, 0.3) is 0 Å². The van der Waals surface area contributed by atoms with Gasteiger partial charge in [0.25, 0.3) is 5.69 Å². The standard InChI is InChI=1S/C10H9F3N2O2/c1-7(10(11,12)13)14-6-8-2-4-9(5-3-8)15(16)17/h2-7H,1H3. The summed E-state index contributed by atoms with van der Waals surface area (Å²) in [7, 11) is 0. The van der Waals surface area contributed by atoms with Crippen molar-refractivity contribution in [2.45, 2.75) is 19.1 Å². The maximum absolute atomic E-state index is 12.1. The van der Waals surface area contributed by atoms with E-state index < -0.39 is 17.1 Å². The molecule has 1 atom stereocenters. The summed E-state index contributed by atoms with van der Waals surface area (Å²) in [5, 5.41) is 10.3. The molecular formula is C10H9F3N2O2. The van der Waals surface area contributed by atoms with Gasteiger partial charge in [-0.25, -0.2) is 0 Å². The quantitative estimate of drug-likeness (QED) is 0.467. The number of hydrogen-bond acceptors (Lipinski definition) is 3. The van der Waals surface area contributed by atoms with Crippen LogP contribution in [0.3, 0.4) is 0 Å². The lowest BCUT2D eigenvalue weighted by Crippen LogP contribution is -2.23. The zero-order valence-electron chi connectivity index (χ0n) is 8.81. The summed E-state index contributed by atoms with van der Waals surface area (Å²) in [6.45, 7) is 0.932. The summed E-state index contributed by atoms with van der Waals surface area (Å²) in [6, 6.07) is 3.30. The molecule has 0 saturated heterocycles. The van der Waals surface area contributed by atoms with Crippen molar-refractivity contribution in [2.24, 2.45) is 4.99 Å². The number of nitro groups is 1. The Bertz CT molecular complexity index is 426. The van der Waals surface area contributed by atoms with Crippen LogP contribution in [-0.2, 0) is 0 Å². The largest absolute Gasteiger partial charge is 0.410 e. The van der Waals surface area contributed by atoms with Gasteiger partial charge in [0.05, 0.1) is 4.92 Å². The van der Waals surface area contributed by atoms with Crippen LogP contribution in [0.15, 0.2) is 29.3 Å². The molecule has 17 heavy (non-hydrogen) atoms. The van der Waals surface area contributed by atoms with E-state index in [4.69, 9.17) is 0 Å². The molecule has 92 valence electrons. The number of halogens is 3. The third kappa shape index (κ3) is 3.86. The predicted octanol–water partition coefficient (Wildman–Crippen LogP) is 2.96. The molecule has 1 rings (SSSR count). The van der Waals surface area contributed by atoms with Crippen molar-refractivity contribution in [3.63, 3.8) is 0 Å². The molecule has 0 saturated carbocycles. The van der Waals surface area contributed by atoms with Gasteiger partial charge in [-0.2, -0.15) is 13.2 Å². The van der Waals surface area contributed by atoms with E-state index >= 15 is 0 Å². The van der Waals surface area contributed by atoms with E-state index in [1.807, 2.05) is 0 Å². The Kier molecular flexibility index (Phi) is 3.82. The second-order valence-electron chi connectivity index (χ2n) is 3.34. The minimum atomic E-state index is -4.38. The van der Waals surface area contributed by atoms with Crippen molar-refractivity contribution in [1.29, 1.82) is 0 Å². The highest BCUT2D eigenvalue weighted by molar-refractivity contribution is 5.80. The molecule has 0 bridgehead atoms. The van der Waals surface area contributed by atoms with Crippen molar-refractivity contribution < 1.29 is 18.1 Å². The van der Waals surface area contributed by atoms with E-state index in [9.17, 15) is 23.3 Å². The fourth-order valence-electron chi connectivity index (χ4n) is 0.964. The molecule has 0 aliphatic heterocycles. The molecule has 0 radical (unpaired) electrons. The molecule has 1 aromatic carbocycles. The van der Waals surface area contributed by atoms with Gasteiger partial charge in [-0.1, -0.05) is 0 Å². The minimum absolute atomic E-state index is 0.119. The lowest BCUT2D eigenvalue weighted by molar-refractivity contribution is -0.384. The van der Waals surface area contributed by atoms with Crippen LogP contribution in [0.4, 0.5) is 18.9 Å². The van der Waals surface area contributed by atoms with Crippen molar-refractivity contribution in [1.82, 2.24) is 0 Å². The first kappa shape index (κ1) is 13.1. The number of alkyl halides is 3. The smallest absolute Gasteiger partial charge is 0.280 e. The highest BCUT2D eigenvalue weighted by Gasteiger charge is 2.35. The van der Waals surface area contributed by atoms with Crippen LogP contribution in [0, 0.1) is 10.1 Å². The molecule has 0 N–H and O–H groups in total. The van der Waals surface area contributed by atoms with E-state index in [0.29, 0.717) is 5.56 Å². The van der Waals surface area contributed by atoms with Gasteiger partial charge in [0.1, 0.15) is 6.04 Å². The summed E-state index contributed by atoms with van der Waals surface area (Å²) in [4.78, 5) is 13.1. The van der Waals surface area contributed by atoms with Gasteiger partial charge >= 0.3 is 6.18 Å². The van der Waals surface area contributed by atoms with E-state index in [1.54, 1.807) is 0 Å². The lowest BCUT2D eigenvalue weighted by atomic mass is 10.2. The molecule has 0 aromatic heterocycles. The Morgan fingerprint density at radius 1 is 1.35 bits per heavy atom. The zero-order valence-corrected chi connectivity index (χ0v) is 8.81. The second kappa shape index (κ2) is 4.94. The first-order valence-electron chi connectivity index (χ1n) is 4.65. The Balaban J connectivity index is 2.76. The van der Waals surface area contributed by atoms with Crippen molar-refractivity contribution in [3.8, 4) is 0 Å². The van der Waals surface area contributed by atoms with Gasteiger partial charge in [0.2, 0.25) is 0 Å². The fraction of sp³-hybridized carbons (Fsp3) is 0.300.